The van der Waals surface area contributed by atoms with Crippen molar-refractivity contribution >= 4 is 29.0 Å². The van der Waals surface area contributed by atoms with E-state index in [1.165, 1.54) is 32.8 Å². The summed E-state index contributed by atoms with van der Waals surface area (Å²) in [5, 5.41) is 0.824. The van der Waals surface area contributed by atoms with Crippen LogP contribution in [0.4, 0.5) is 0 Å². The van der Waals surface area contributed by atoms with Crippen LogP contribution in [0.25, 0.3) is 0 Å². The van der Waals surface area contributed by atoms with Crippen LogP contribution in [0.2, 0.25) is 10.0 Å². The molecule has 0 amide bonds. The highest BCUT2D eigenvalue weighted by molar-refractivity contribution is 6.36. The molecule has 0 aliphatic rings. The lowest BCUT2D eigenvalue weighted by molar-refractivity contribution is 0.0979. The molecule has 20 heavy (non-hydrogen) atoms. The maximum absolute atomic E-state index is 12.1. The van der Waals surface area contributed by atoms with E-state index in [9.17, 15) is 4.79 Å². The Hall–Kier alpha value is -0.730. The van der Waals surface area contributed by atoms with Crippen molar-refractivity contribution in [3.63, 3.8) is 0 Å². The van der Waals surface area contributed by atoms with E-state index in [2.05, 4.69) is 6.92 Å². The van der Waals surface area contributed by atoms with Crippen molar-refractivity contribution in [1.82, 2.24) is 0 Å². The molecule has 1 aromatic carbocycles. The molecule has 4 heteroatoms. The summed E-state index contributed by atoms with van der Waals surface area (Å²) in [4.78, 5) is 12.1. The highest BCUT2D eigenvalue weighted by Crippen LogP contribution is 2.31. The molecule has 0 aromatic heterocycles. The molecule has 1 aromatic rings. The number of Topliss-reactive ketones (excluding diaryl/α,β-unsaturated/α-hetero) is 1. The fraction of sp³-hybridized carbons (Fsp3) is 0.562. The van der Waals surface area contributed by atoms with E-state index in [0.717, 1.165) is 12.8 Å². The van der Waals surface area contributed by atoms with Crippen molar-refractivity contribution in [1.29, 1.82) is 0 Å². The number of rotatable bonds is 9. The summed E-state index contributed by atoms with van der Waals surface area (Å²) in [7, 11) is 1.52. The zero-order chi connectivity index (χ0) is 15.0. The predicted molar refractivity (Wildman–Crippen MR) is 85.3 cm³/mol. The van der Waals surface area contributed by atoms with E-state index < -0.39 is 0 Å². The van der Waals surface area contributed by atoms with Gasteiger partial charge in [-0.05, 0) is 12.5 Å². The minimum absolute atomic E-state index is 0.0510. The third-order valence-electron chi connectivity index (χ3n) is 3.30. The van der Waals surface area contributed by atoms with Crippen LogP contribution in [0.15, 0.2) is 12.1 Å². The third kappa shape index (κ3) is 5.34. The van der Waals surface area contributed by atoms with Gasteiger partial charge in [-0.15, -0.1) is 0 Å². The summed E-state index contributed by atoms with van der Waals surface area (Å²) in [6, 6.07) is 3.19. The lowest BCUT2D eigenvalue weighted by Gasteiger charge is -2.08. The minimum Gasteiger partial charge on any atom is -0.495 e. The van der Waals surface area contributed by atoms with E-state index in [1.807, 2.05) is 0 Å². The molecular formula is C16H22Cl2O2. The van der Waals surface area contributed by atoms with Crippen LogP contribution in [-0.4, -0.2) is 12.9 Å². The lowest BCUT2D eigenvalue weighted by atomic mass is 10.0. The molecule has 0 saturated carbocycles. The van der Waals surface area contributed by atoms with Crippen LogP contribution < -0.4 is 4.74 Å². The molecule has 2 nitrogen and oxygen atoms in total. The zero-order valence-electron chi connectivity index (χ0n) is 12.2. The average molecular weight is 317 g/mol. The molecule has 0 N–H and O–H groups in total. The second-order valence-electron chi connectivity index (χ2n) is 4.91. The molecule has 0 aliphatic heterocycles. The van der Waals surface area contributed by atoms with E-state index in [0.29, 0.717) is 27.8 Å². The van der Waals surface area contributed by atoms with Crippen LogP contribution in [0.3, 0.4) is 0 Å². The molecule has 1 rings (SSSR count). The zero-order valence-corrected chi connectivity index (χ0v) is 13.7. The van der Waals surface area contributed by atoms with Gasteiger partial charge in [0, 0.05) is 18.1 Å². The second-order valence-corrected chi connectivity index (χ2v) is 5.72. The van der Waals surface area contributed by atoms with Gasteiger partial charge in [0.25, 0.3) is 0 Å². The van der Waals surface area contributed by atoms with E-state index in [-0.39, 0.29) is 5.78 Å². The average Bonchev–Trinajstić information content (AvgIpc) is 2.44. The molecule has 0 radical (unpaired) electrons. The Morgan fingerprint density at radius 1 is 1.05 bits per heavy atom. The van der Waals surface area contributed by atoms with Gasteiger partial charge >= 0.3 is 0 Å². The maximum atomic E-state index is 12.1. The summed E-state index contributed by atoms with van der Waals surface area (Å²) < 4.78 is 5.07. The first-order chi connectivity index (χ1) is 9.60. The van der Waals surface area contributed by atoms with Crippen molar-refractivity contribution in [2.75, 3.05) is 7.11 Å². The fourth-order valence-corrected chi connectivity index (χ4v) is 2.60. The molecule has 112 valence electrons. The summed E-state index contributed by atoms with van der Waals surface area (Å²) in [6.45, 7) is 2.19. The Labute approximate surface area is 131 Å². The second kappa shape index (κ2) is 9.25. The molecule has 0 heterocycles. The summed E-state index contributed by atoms with van der Waals surface area (Å²) in [5.41, 5.74) is 0.492. The number of unbranched alkanes of at least 4 members (excludes halogenated alkanes) is 5. The van der Waals surface area contributed by atoms with Gasteiger partial charge in [0.2, 0.25) is 0 Å². The number of benzene rings is 1. The number of ether oxygens (including phenoxy) is 1. The molecule has 0 unspecified atom stereocenters. The van der Waals surface area contributed by atoms with Crippen molar-refractivity contribution < 1.29 is 9.53 Å². The van der Waals surface area contributed by atoms with Crippen molar-refractivity contribution in [2.45, 2.75) is 51.9 Å². The monoisotopic (exact) mass is 316 g/mol. The molecule has 0 spiro atoms. The summed E-state index contributed by atoms with van der Waals surface area (Å²) in [5.74, 6) is 0.544. The van der Waals surface area contributed by atoms with Crippen LogP contribution in [0.5, 0.6) is 5.75 Å². The lowest BCUT2D eigenvalue weighted by Crippen LogP contribution is -2.01. The smallest absolute Gasteiger partial charge is 0.164 e. The standard InChI is InChI=1S/C16H22Cl2O2/c1-3-4-5-6-7-8-9-15(19)12-10-14(18)16(20-2)11-13(12)17/h10-11H,3-9H2,1-2H3. The summed E-state index contributed by atoms with van der Waals surface area (Å²) in [6.07, 6.45) is 7.47. The third-order valence-corrected chi connectivity index (χ3v) is 3.91. The van der Waals surface area contributed by atoms with Gasteiger partial charge in [-0.2, -0.15) is 0 Å². The van der Waals surface area contributed by atoms with E-state index >= 15 is 0 Å². The van der Waals surface area contributed by atoms with Gasteiger partial charge in [0.05, 0.1) is 17.2 Å². The van der Waals surface area contributed by atoms with E-state index in [1.54, 1.807) is 12.1 Å². The highest BCUT2D eigenvalue weighted by atomic mass is 35.5. The SMILES string of the molecule is CCCCCCCCC(=O)c1cc(Cl)c(OC)cc1Cl. The number of methoxy groups -OCH3 is 1. The molecule has 0 bridgehead atoms. The normalized spacial score (nSPS) is 10.6. The van der Waals surface area contributed by atoms with Crippen molar-refractivity contribution in [2.24, 2.45) is 0 Å². The van der Waals surface area contributed by atoms with Crippen LogP contribution in [0, 0.1) is 0 Å². The first-order valence-corrected chi connectivity index (χ1v) is 7.92. The Bertz CT molecular complexity index is 444. The van der Waals surface area contributed by atoms with Gasteiger partial charge in [-0.1, -0.05) is 62.2 Å². The molecule has 0 fully saturated rings. The molecule has 0 aliphatic carbocycles. The molecule has 0 atom stereocenters. The first kappa shape index (κ1) is 17.3. The number of halogens is 2. The number of ketones is 1. The Morgan fingerprint density at radius 2 is 1.70 bits per heavy atom. The topological polar surface area (TPSA) is 26.3 Å². The number of carbonyl (C=O) groups excluding carboxylic acids is 1. The fourth-order valence-electron chi connectivity index (χ4n) is 2.10. The number of hydrogen-bond donors (Lipinski definition) is 0. The summed E-state index contributed by atoms with van der Waals surface area (Å²) >= 11 is 12.1. The minimum atomic E-state index is 0.0510. The van der Waals surface area contributed by atoms with E-state index in [4.69, 9.17) is 27.9 Å². The first-order valence-electron chi connectivity index (χ1n) is 7.16. The highest BCUT2D eigenvalue weighted by Gasteiger charge is 2.14. The van der Waals surface area contributed by atoms with Gasteiger partial charge < -0.3 is 4.74 Å². The molecular weight excluding hydrogens is 295 g/mol. The number of carbonyl (C=O) groups is 1. The van der Waals surface area contributed by atoms with Crippen LogP contribution in [0.1, 0.15) is 62.2 Å². The largest absolute Gasteiger partial charge is 0.495 e. The van der Waals surface area contributed by atoms with Crippen molar-refractivity contribution in [3.05, 3.63) is 27.7 Å². The van der Waals surface area contributed by atoms with Crippen molar-refractivity contribution in [3.8, 4) is 5.75 Å². The predicted octanol–water partition coefficient (Wildman–Crippen LogP) is 5.94. The maximum Gasteiger partial charge on any atom is 0.164 e. The Balaban J connectivity index is 2.49. The molecule has 0 saturated heterocycles. The Morgan fingerprint density at radius 3 is 2.35 bits per heavy atom. The van der Waals surface area contributed by atoms with Gasteiger partial charge in [0.15, 0.2) is 5.78 Å². The number of hydrogen-bond acceptors (Lipinski definition) is 2. The van der Waals surface area contributed by atoms with Crippen LogP contribution >= 0.6 is 23.2 Å². The van der Waals surface area contributed by atoms with Gasteiger partial charge in [-0.25, -0.2) is 0 Å². The Kier molecular flexibility index (Phi) is 8.01. The van der Waals surface area contributed by atoms with Crippen LogP contribution in [-0.2, 0) is 0 Å². The quantitative estimate of drug-likeness (QED) is 0.416. The van der Waals surface area contributed by atoms with Gasteiger partial charge in [0.1, 0.15) is 5.75 Å². The van der Waals surface area contributed by atoms with Gasteiger partial charge in [-0.3, -0.25) is 4.79 Å².